The van der Waals surface area contributed by atoms with Crippen LogP contribution in [0.1, 0.15) is 46.0 Å². The molecule has 0 N–H and O–H groups in total. The fraction of sp³-hybridized carbons (Fsp3) is 0.179. The summed E-state index contributed by atoms with van der Waals surface area (Å²) in [6.45, 7) is 8.18. The van der Waals surface area contributed by atoms with Gasteiger partial charge in [-0.15, -0.1) is 0 Å². The van der Waals surface area contributed by atoms with E-state index in [1.165, 1.54) is 16.7 Å². The molecule has 0 amide bonds. The molecule has 3 aromatic carbocycles. The molecule has 32 heavy (non-hydrogen) atoms. The molecule has 1 aromatic heterocycles. The second-order valence-corrected chi connectivity index (χ2v) is 8.01. The van der Waals surface area contributed by atoms with Crippen molar-refractivity contribution >= 4 is 22.6 Å². The molecule has 0 radical (unpaired) electrons. The number of oxime groups is 1. The van der Waals surface area contributed by atoms with E-state index in [1.54, 1.807) is 6.07 Å². The van der Waals surface area contributed by atoms with Gasteiger partial charge in [0.1, 0.15) is 0 Å². The van der Waals surface area contributed by atoms with Crippen molar-refractivity contribution in [2.75, 3.05) is 0 Å². The van der Waals surface area contributed by atoms with Crippen LogP contribution in [0.15, 0.2) is 78.0 Å². The number of nitrogens with zero attached hydrogens (tertiary/aromatic N) is 2. The topological polar surface area (TPSA) is 51.5 Å². The Labute approximate surface area is 188 Å². The molecular formula is C28H26N2O2. The van der Waals surface area contributed by atoms with E-state index < -0.39 is 5.97 Å². The molecule has 4 nitrogen and oxygen atoms in total. The van der Waals surface area contributed by atoms with Crippen molar-refractivity contribution in [1.82, 2.24) is 4.98 Å². The van der Waals surface area contributed by atoms with Crippen molar-refractivity contribution in [2.24, 2.45) is 5.16 Å². The fourth-order valence-corrected chi connectivity index (χ4v) is 3.61. The van der Waals surface area contributed by atoms with E-state index in [4.69, 9.17) is 9.82 Å². The van der Waals surface area contributed by atoms with Gasteiger partial charge in [-0.1, -0.05) is 72.2 Å². The lowest BCUT2D eigenvalue weighted by Crippen LogP contribution is -2.07. The van der Waals surface area contributed by atoms with E-state index in [9.17, 15) is 4.79 Å². The summed E-state index contributed by atoms with van der Waals surface area (Å²) in [6.07, 6.45) is 0.654. The molecule has 0 aliphatic rings. The molecular weight excluding hydrogens is 396 g/mol. The fourth-order valence-electron chi connectivity index (χ4n) is 3.61. The molecule has 0 aliphatic carbocycles. The minimum absolute atomic E-state index is 0.451. The first kappa shape index (κ1) is 21.4. The summed E-state index contributed by atoms with van der Waals surface area (Å²) in [5.41, 5.74) is 8.13. The highest BCUT2D eigenvalue weighted by Gasteiger charge is 2.16. The molecule has 4 rings (SSSR count). The summed E-state index contributed by atoms with van der Waals surface area (Å²) in [6, 6.07) is 23.6. The molecule has 160 valence electrons. The zero-order valence-electron chi connectivity index (χ0n) is 18.8. The minimum Gasteiger partial charge on any atom is -0.312 e. The maximum absolute atomic E-state index is 13.1. The number of rotatable bonds is 5. The van der Waals surface area contributed by atoms with Gasteiger partial charge >= 0.3 is 5.97 Å². The van der Waals surface area contributed by atoms with Crippen LogP contribution in [0.2, 0.25) is 0 Å². The van der Waals surface area contributed by atoms with Crippen LogP contribution >= 0.6 is 0 Å². The lowest BCUT2D eigenvalue weighted by molar-refractivity contribution is 0.0518. The molecule has 0 aliphatic heterocycles. The minimum atomic E-state index is -0.494. The van der Waals surface area contributed by atoms with Crippen molar-refractivity contribution in [1.29, 1.82) is 0 Å². The normalized spacial score (nSPS) is 11.6. The number of hydrogen-bond acceptors (Lipinski definition) is 4. The number of aryl methyl sites for hydroxylation is 3. The van der Waals surface area contributed by atoms with E-state index in [0.717, 1.165) is 33.4 Å². The third kappa shape index (κ3) is 4.45. The quantitative estimate of drug-likeness (QED) is 0.202. The molecule has 0 spiro atoms. The maximum Gasteiger partial charge on any atom is 0.366 e. The number of carbonyl (C=O) groups excluding carboxylic acids is 1. The Morgan fingerprint density at radius 2 is 1.66 bits per heavy atom. The highest BCUT2D eigenvalue weighted by Crippen LogP contribution is 2.27. The number of fused-ring (bicyclic) bond motifs is 1. The highest BCUT2D eigenvalue weighted by molar-refractivity contribution is 6.05. The van der Waals surface area contributed by atoms with Gasteiger partial charge in [-0.05, 0) is 62.1 Å². The van der Waals surface area contributed by atoms with Crippen molar-refractivity contribution in [3.63, 3.8) is 0 Å². The van der Waals surface area contributed by atoms with Crippen LogP contribution in [0.3, 0.4) is 0 Å². The van der Waals surface area contributed by atoms with Gasteiger partial charge in [-0.2, -0.15) is 0 Å². The molecule has 0 fully saturated rings. The lowest BCUT2D eigenvalue weighted by Gasteiger charge is -2.10. The molecule has 0 saturated heterocycles. The first-order chi connectivity index (χ1) is 15.5. The first-order valence-electron chi connectivity index (χ1n) is 10.8. The smallest absolute Gasteiger partial charge is 0.312 e. The van der Waals surface area contributed by atoms with Crippen molar-refractivity contribution in [2.45, 2.75) is 34.1 Å². The summed E-state index contributed by atoms with van der Waals surface area (Å²) in [7, 11) is 0. The third-order valence-corrected chi connectivity index (χ3v) is 5.70. The van der Waals surface area contributed by atoms with Gasteiger partial charge in [0, 0.05) is 10.9 Å². The average molecular weight is 423 g/mol. The number of hydrogen-bond donors (Lipinski definition) is 0. The zero-order valence-corrected chi connectivity index (χ0v) is 18.8. The predicted octanol–water partition coefficient (Wildman–Crippen LogP) is 6.80. The molecule has 1 heterocycles. The second-order valence-electron chi connectivity index (χ2n) is 8.01. The van der Waals surface area contributed by atoms with E-state index in [-0.39, 0.29) is 0 Å². The number of carbonyl (C=O) groups is 1. The van der Waals surface area contributed by atoms with Crippen LogP contribution in [0, 0.1) is 20.8 Å². The van der Waals surface area contributed by atoms with Crippen molar-refractivity contribution in [3.8, 4) is 11.3 Å². The monoisotopic (exact) mass is 422 g/mol. The Morgan fingerprint density at radius 3 is 2.38 bits per heavy atom. The Bertz CT molecular complexity index is 1320. The molecule has 0 atom stereocenters. The van der Waals surface area contributed by atoms with Gasteiger partial charge in [-0.3, -0.25) is 0 Å². The second kappa shape index (κ2) is 9.15. The number of aromatic nitrogens is 1. The van der Waals surface area contributed by atoms with Crippen molar-refractivity contribution < 1.29 is 9.63 Å². The number of benzene rings is 3. The Hall–Kier alpha value is -3.79. The Balaban J connectivity index is 1.73. The van der Waals surface area contributed by atoms with E-state index in [1.807, 2.05) is 68.4 Å². The number of pyridine rings is 1. The molecule has 0 unspecified atom stereocenters. The first-order valence-corrected chi connectivity index (χ1v) is 10.8. The summed E-state index contributed by atoms with van der Waals surface area (Å²) in [5, 5.41) is 4.94. The summed E-state index contributed by atoms with van der Waals surface area (Å²) < 4.78 is 0. The van der Waals surface area contributed by atoms with Crippen LogP contribution in [0.5, 0.6) is 0 Å². The Kier molecular flexibility index (Phi) is 6.13. The highest BCUT2D eigenvalue weighted by atomic mass is 16.7. The van der Waals surface area contributed by atoms with Gasteiger partial charge in [0.05, 0.1) is 22.5 Å². The average Bonchev–Trinajstić information content (AvgIpc) is 2.81. The summed E-state index contributed by atoms with van der Waals surface area (Å²) >= 11 is 0. The predicted molar refractivity (Wildman–Crippen MR) is 130 cm³/mol. The van der Waals surface area contributed by atoms with Crippen LogP contribution in [-0.2, 0) is 4.84 Å². The standard InChI is InChI=1S/C28H26N2O2/c1-5-25(21-13-10-18(2)11-14-21)30-32-28(31)24-17-27(22-15-12-19(3)20(4)16-22)29-26-9-7-6-8-23(24)26/h6-17H,5H2,1-4H3. The van der Waals surface area contributed by atoms with Crippen LogP contribution in [0.4, 0.5) is 0 Å². The van der Waals surface area contributed by atoms with E-state index in [2.05, 4.69) is 31.1 Å². The van der Waals surface area contributed by atoms with Crippen molar-refractivity contribution in [3.05, 3.63) is 101 Å². The summed E-state index contributed by atoms with van der Waals surface area (Å²) in [4.78, 5) is 23.3. The van der Waals surface area contributed by atoms with Gasteiger partial charge in [-0.25, -0.2) is 9.78 Å². The van der Waals surface area contributed by atoms with E-state index in [0.29, 0.717) is 12.0 Å². The van der Waals surface area contributed by atoms with Crippen LogP contribution in [0.25, 0.3) is 22.2 Å². The van der Waals surface area contributed by atoms with Gasteiger partial charge in [0.2, 0.25) is 0 Å². The summed E-state index contributed by atoms with van der Waals surface area (Å²) in [5.74, 6) is -0.494. The molecule has 0 saturated carbocycles. The molecule has 4 aromatic rings. The van der Waals surface area contributed by atoms with E-state index >= 15 is 0 Å². The van der Waals surface area contributed by atoms with Gasteiger partial charge in [0.15, 0.2) is 0 Å². The van der Waals surface area contributed by atoms with Gasteiger partial charge in [0.25, 0.3) is 0 Å². The zero-order chi connectivity index (χ0) is 22.7. The SMILES string of the molecule is CCC(=NOC(=O)c1cc(-c2ccc(C)c(C)c2)nc2ccccc12)c1ccc(C)cc1. The lowest BCUT2D eigenvalue weighted by atomic mass is 10.0. The molecule has 0 bridgehead atoms. The maximum atomic E-state index is 13.1. The molecule has 4 heteroatoms. The number of para-hydroxylation sites is 1. The van der Waals surface area contributed by atoms with Gasteiger partial charge < -0.3 is 4.84 Å². The largest absolute Gasteiger partial charge is 0.366 e. The third-order valence-electron chi connectivity index (χ3n) is 5.70. The Morgan fingerprint density at radius 1 is 0.906 bits per heavy atom. The van der Waals surface area contributed by atoms with Crippen LogP contribution < -0.4 is 0 Å². The van der Waals surface area contributed by atoms with Crippen LogP contribution in [-0.4, -0.2) is 16.7 Å².